The molecule has 0 aliphatic heterocycles. The zero-order valence-electron chi connectivity index (χ0n) is 8.07. The maximum atomic E-state index is 9.00. The van der Waals surface area contributed by atoms with Crippen molar-refractivity contribution < 1.29 is 5.11 Å². The molecule has 0 fully saturated rings. The molecule has 72 valence electrons. The number of aliphatic hydroxyl groups is 1. The predicted octanol–water partition coefficient (Wildman–Crippen LogP) is 1.45. The van der Waals surface area contributed by atoms with Crippen molar-refractivity contribution in [2.24, 2.45) is 10.9 Å². The third-order valence-electron chi connectivity index (χ3n) is 1.98. The number of aromatic nitrogens is 1. The predicted molar refractivity (Wildman–Crippen MR) is 54.1 cm³/mol. The Hall–Kier alpha value is -1.09. The SMILES string of the molecule is CC(C)[C@@H](CO)N=Cc1ccc[nH]1. The van der Waals surface area contributed by atoms with Crippen LogP contribution in [0.15, 0.2) is 23.3 Å². The molecule has 0 radical (unpaired) electrons. The van der Waals surface area contributed by atoms with Crippen molar-refractivity contribution in [2.45, 2.75) is 19.9 Å². The van der Waals surface area contributed by atoms with Crippen molar-refractivity contribution in [1.29, 1.82) is 0 Å². The lowest BCUT2D eigenvalue weighted by Gasteiger charge is -2.11. The number of aliphatic imine (C=N–C) groups is 1. The van der Waals surface area contributed by atoms with Crippen molar-refractivity contribution >= 4 is 6.21 Å². The van der Waals surface area contributed by atoms with Gasteiger partial charge in [0.05, 0.1) is 18.3 Å². The fourth-order valence-corrected chi connectivity index (χ4v) is 1.03. The number of hydrogen-bond donors (Lipinski definition) is 2. The Balaban J connectivity index is 2.55. The zero-order valence-corrected chi connectivity index (χ0v) is 8.07. The summed E-state index contributed by atoms with van der Waals surface area (Å²) in [5.74, 6) is 0.371. The van der Waals surface area contributed by atoms with Gasteiger partial charge in [0.2, 0.25) is 0 Å². The summed E-state index contributed by atoms with van der Waals surface area (Å²) in [7, 11) is 0. The lowest BCUT2D eigenvalue weighted by atomic mass is 10.1. The maximum Gasteiger partial charge on any atom is 0.0754 e. The molecule has 3 nitrogen and oxygen atoms in total. The Bertz CT molecular complexity index is 252. The smallest absolute Gasteiger partial charge is 0.0754 e. The summed E-state index contributed by atoms with van der Waals surface area (Å²) >= 11 is 0. The molecule has 2 N–H and O–H groups in total. The summed E-state index contributed by atoms with van der Waals surface area (Å²) < 4.78 is 0. The maximum absolute atomic E-state index is 9.00. The van der Waals surface area contributed by atoms with Crippen molar-refractivity contribution in [3.63, 3.8) is 0 Å². The molecular formula is C10H16N2O. The van der Waals surface area contributed by atoms with E-state index in [0.717, 1.165) is 5.69 Å². The van der Waals surface area contributed by atoms with E-state index in [1.807, 2.05) is 32.2 Å². The van der Waals surface area contributed by atoms with Gasteiger partial charge < -0.3 is 10.1 Å². The molecule has 1 aromatic heterocycles. The first-order chi connectivity index (χ1) is 6.24. The fourth-order valence-electron chi connectivity index (χ4n) is 1.03. The van der Waals surface area contributed by atoms with Crippen LogP contribution in [0, 0.1) is 5.92 Å². The highest BCUT2D eigenvalue weighted by molar-refractivity contribution is 5.77. The number of hydrogen-bond acceptors (Lipinski definition) is 2. The average Bonchev–Trinajstić information content (AvgIpc) is 2.57. The van der Waals surface area contributed by atoms with E-state index in [-0.39, 0.29) is 12.6 Å². The van der Waals surface area contributed by atoms with Gasteiger partial charge in [-0.25, -0.2) is 0 Å². The van der Waals surface area contributed by atoms with Crippen LogP contribution in [0.5, 0.6) is 0 Å². The van der Waals surface area contributed by atoms with Gasteiger partial charge >= 0.3 is 0 Å². The van der Waals surface area contributed by atoms with Crippen LogP contribution in [-0.2, 0) is 0 Å². The summed E-state index contributed by atoms with van der Waals surface area (Å²) in [4.78, 5) is 7.30. The second-order valence-corrected chi connectivity index (χ2v) is 3.40. The van der Waals surface area contributed by atoms with E-state index in [1.54, 1.807) is 6.21 Å². The largest absolute Gasteiger partial charge is 0.394 e. The molecule has 0 unspecified atom stereocenters. The topological polar surface area (TPSA) is 48.4 Å². The number of aliphatic hydroxyl groups excluding tert-OH is 1. The van der Waals surface area contributed by atoms with Gasteiger partial charge in [-0.3, -0.25) is 4.99 Å². The molecule has 13 heavy (non-hydrogen) atoms. The molecule has 0 saturated carbocycles. The van der Waals surface area contributed by atoms with Gasteiger partial charge in [0, 0.05) is 12.4 Å². The quantitative estimate of drug-likeness (QED) is 0.677. The third kappa shape index (κ3) is 3.03. The molecule has 0 amide bonds. The lowest BCUT2D eigenvalue weighted by molar-refractivity contribution is 0.240. The van der Waals surface area contributed by atoms with Gasteiger partial charge in [0.15, 0.2) is 0 Å². The molecule has 1 aromatic rings. The second-order valence-electron chi connectivity index (χ2n) is 3.40. The normalized spacial score (nSPS) is 14.2. The van der Waals surface area contributed by atoms with Crippen LogP contribution in [0.25, 0.3) is 0 Å². The Kier molecular flexibility index (Phi) is 3.71. The van der Waals surface area contributed by atoms with E-state index in [0.29, 0.717) is 5.92 Å². The minimum absolute atomic E-state index is 0.00306. The minimum atomic E-state index is 0.00306. The van der Waals surface area contributed by atoms with E-state index >= 15 is 0 Å². The summed E-state index contributed by atoms with van der Waals surface area (Å²) in [5, 5.41) is 9.00. The van der Waals surface area contributed by atoms with Crippen molar-refractivity contribution in [2.75, 3.05) is 6.61 Å². The van der Waals surface area contributed by atoms with Gasteiger partial charge in [0.1, 0.15) is 0 Å². The number of rotatable bonds is 4. The molecule has 1 heterocycles. The second kappa shape index (κ2) is 4.82. The molecule has 0 aromatic carbocycles. The Labute approximate surface area is 78.5 Å². The third-order valence-corrected chi connectivity index (χ3v) is 1.98. The molecule has 0 spiro atoms. The van der Waals surface area contributed by atoms with Crippen LogP contribution in [-0.4, -0.2) is 29.0 Å². The number of nitrogens with zero attached hydrogens (tertiary/aromatic N) is 1. The van der Waals surface area contributed by atoms with Crippen LogP contribution in [0.1, 0.15) is 19.5 Å². The summed E-state index contributed by atoms with van der Waals surface area (Å²) in [6.07, 6.45) is 3.62. The molecule has 1 atom stereocenters. The monoisotopic (exact) mass is 180 g/mol. The van der Waals surface area contributed by atoms with Crippen LogP contribution in [0.3, 0.4) is 0 Å². The van der Waals surface area contributed by atoms with Crippen molar-refractivity contribution in [1.82, 2.24) is 4.98 Å². The molecule has 0 aliphatic rings. The highest BCUT2D eigenvalue weighted by Crippen LogP contribution is 2.05. The van der Waals surface area contributed by atoms with Gasteiger partial charge in [-0.1, -0.05) is 13.8 Å². The van der Waals surface area contributed by atoms with Gasteiger partial charge in [-0.05, 0) is 18.1 Å². The summed E-state index contributed by atoms with van der Waals surface area (Å²) in [5.41, 5.74) is 0.971. The van der Waals surface area contributed by atoms with Crippen LogP contribution in [0.4, 0.5) is 0 Å². The average molecular weight is 180 g/mol. The minimum Gasteiger partial charge on any atom is -0.394 e. The first-order valence-corrected chi connectivity index (χ1v) is 4.51. The number of nitrogens with one attached hydrogen (secondary N) is 1. The fraction of sp³-hybridized carbons (Fsp3) is 0.500. The molecule has 3 heteroatoms. The van der Waals surface area contributed by atoms with Gasteiger partial charge in [-0.2, -0.15) is 0 Å². The number of H-pyrrole nitrogens is 1. The van der Waals surface area contributed by atoms with Crippen LogP contribution in [0.2, 0.25) is 0 Å². The van der Waals surface area contributed by atoms with E-state index in [4.69, 9.17) is 5.11 Å². The first kappa shape index (κ1) is 9.99. The first-order valence-electron chi connectivity index (χ1n) is 4.51. The Morgan fingerprint density at radius 2 is 2.38 bits per heavy atom. The van der Waals surface area contributed by atoms with Crippen LogP contribution >= 0.6 is 0 Å². The molecule has 0 saturated heterocycles. The summed E-state index contributed by atoms with van der Waals surface area (Å²) in [6, 6.07) is 3.87. The number of aromatic amines is 1. The molecule has 0 bridgehead atoms. The molecular weight excluding hydrogens is 164 g/mol. The Morgan fingerprint density at radius 1 is 1.62 bits per heavy atom. The standard InChI is InChI=1S/C10H16N2O/c1-8(2)10(7-13)12-6-9-4-3-5-11-9/h3-6,8,10-11,13H,7H2,1-2H3/t10-/m1/s1. The van der Waals surface area contributed by atoms with E-state index in [1.165, 1.54) is 0 Å². The van der Waals surface area contributed by atoms with Crippen molar-refractivity contribution in [3.05, 3.63) is 24.0 Å². The van der Waals surface area contributed by atoms with E-state index in [2.05, 4.69) is 9.98 Å². The zero-order chi connectivity index (χ0) is 9.68. The van der Waals surface area contributed by atoms with Crippen molar-refractivity contribution in [3.8, 4) is 0 Å². The van der Waals surface area contributed by atoms with E-state index in [9.17, 15) is 0 Å². The lowest BCUT2D eigenvalue weighted by Crippen LogP contribution is -2.17. The molecule has 1 rings (SSSR count). The molecule has 0 aliphatic carbocycles. The van der Waals surface area contributed by atoms with Gasteiger partial charge in [0.25, 0.3) is 0 Å². The van der Waals surface area contributed by atoms with Gasteiger partial charge in [-0.15, -0.1) is 0 Å². The van der Waals surface area contributed by atoms with Crippen LogP contribution < -0.4 is 0 Å². The highest BCUT2D eigenvalue weighted by Gasteiger charge is 2.08. The van der Waals surface area contributed by atoms with E-state index < -0.39 is 0 Å². The summed E-state index contributed by atoms with van der Waals surface area (Å²) in [6.45, 7) is 4.20. The Morgan fingerprint density at radius 3 is 2.85 bits per heavy atom. The highest BCUT2D eigenvalue weighted by atomic mass is 16.3.